The molecule has 6 rings (SSSR count). The number of fused-ring (bicyclic) bond motifs is 5. The molecule has 35 heavy (non-hydrogen) atoms. The molecule has 1 N–H and O–H groups in total. The zero-order valence-corrected chi connectivity index (χ0v) is 22.1. The molecule has 0 aromatic carbocycles. The van der Waals surface area contributed by atoms with Gasteiger partial charge in [-0.1, -0.05) is 26.0 Å². The predicted molar refractivity (Wildman–Crippen MR) is 141 cm³/mol. The summed E-state index contributed by atoms with van der Waals surface area (Å²) in [4.78, 5) is 23.9. The number of hydrogen-bond acceptors (Lipinski definition) is 5. The molecule has 0 radical (unpaired) electrons. The Kier molecular flexibility index (Phi) is 5.78. The summed E-state index contributed by atoms with van der Waals surface area (Å²) >= 11 is 1.76. The number of aromatic nitrogens is 2. The minimum absolute atomic E-state index is 0.121. The quantitative estimate of drug-likeness (QED) is 0.566. The molecule has 6 heteroatoms. The fraction of sp³-hybridized carbons (Fsp3) is 0.621. The van der Waals surface area contributed by atoms with E-state index in [1.807, 2.05) is 36.4 Å². The van der Waals surface area contributed by atoms with Gasteiger partial charge in [-0.25, -0.2) is 4.98 Å². The lowest BCUT2D eigenvalue weighted by Crippen LogP contribution is -2.59. The number of rotatable bonds is 5. The minimum Gasteiger partial charge on any atom is -0.361 e. The molecule has 4 aliphatic rings. The molecular weight excluding hydrogens is 452 g/mol. The van der Waals surface area contributed by atoms with Gasteiger partial charge in [0.25, 0.3) is 0 Å². The fourth-order valence-electron chi connectivity index (χ4n) is 8.60. The van der Waals surface area contributed by atoms with Gasteiger partial charge in [0, 0.05) is 54.7 Å². The van der Waals surface area contributed by atoms with Crippen molar-refractivity contribution in [3.8, 4) is 0 Å². The van der Waals surface area contributed by atoms with Crippen molar-refractivity contribution in [1.29, 1.82) is 0 Å². The third-order valence-corrected chi connectivity index (χ3v) is 11.2. The highest BCUT2D eigenvalue weighted by molar-refractivity contribution is 7.13. The molecule has 0 spiro atoms. The van der Waals surface area contributed by atoms with Gasteiger partial charge >= 0.3 is 0 Å². The second-order valence-corrected chi connectivity index (χ2v) is 12.7. The fourth-order valence-corrected chi connectivity index (χ4v) is 9.39. The van der Waals surface area contributed by atoms with Gasteiger partial charge in [-0.15, -0.1) is 11.3 Å². The van der Waals surface area contributed by atoms with Gasteiger partial charge in [0.1, 0.15) is 0 Å². The van der Waals surface area contributed by atoms with Crippen molar-refractivity contribution in [2.75, 3.05) is 18.9 Å². The monoisotopic (exact) mass is 490 g/mol. The van der Waals surface area contributed by atoms with Crippen molar-refractivity contribution in [3.05, 3.63) is 53.3 Å². The molecule has 186 valence electrons. The Labute approximate surface area is 213 Å². The summed E-state index contributed by atoms with van der Waals surface area (Å²) in [7, 11) is 2.01. The van der Waals surface area contributed by atoms with Crippen LogP contribution in [0.3, 0.4) is 0 Å². The van der Waals surface area contributed by atoms with Crippen LogP contribution in [0.25, 0.3) is 0 Å². The van der Waals surface area contributed by atoms with Crippen molar-refractivity contribution in [2.45, 2.75) is 70.8 Å². The highest BCUT2D eigenvalue weighted by Crippen LogP contribution is 2.67. The number of pyridine rings is 1. The van der Waals surface area contributed by atoms with E-state index in [0.717, 1.165) is 42.0 Å². The van der Waals surface area contributed by atoms with Gasteiger partial charge in [-0.05, 0) is 79.9 Å². The Morgan fingerprint density at radius 3 is 2.86 bits per heavy atom. The molecule has 1 aliphatic heterocycles. The highest BCUT2D eigenvalue weighted by Gasteiger charge is 2.60. The molecule has 3 aliphatic carbocycles. The first-order valence-electron chi connectivity index (χ1n) is 13.5. The summed E-state index contributed by atoms with van der Waals surface area (Å²) in [5, 5.41) is 6.90. The van der Waals surface area contributed by atoms with E-state index in [4.69, 9.17) is 4.98 Å². The molecule has 5 nitrogen and oxygen atoms in total. The van der Waals surface area contributed by atoms with E-state index in [1.54, 1.807) is 11.3 Å². The average molecular weight is 491 g/mol. The Bertz CT molecular complexity index is 1110. The first kappa shape index (κ1) is 23.2. The summed E-state index contributed by atoms with van der Waals surface area (Å²) < 4.78 is 0. The number of anilines is 1. The Hall–Kier alpha value is -2.21. The van der Waals surface area contributed by atoms with E-state index in [-0.39, 0.29) is 11.3 Å². The van der Waals surface area contributed by atoms with E-state index >= 15 is 0 Å². The van der Waals surface area contributed by atoms with Crippen molar-refractivity contribution in [3.63, 3.8) is 0 Å². The van der Waals surface area contributed by atoms with E-state index in [9.17, 15) is 4.79 Å². The van der Waals surface area contributed by atoms with E-state index in [0.29, 0.717) is 23.3 Å². The van der Waals surface area contributed by atoms with Crippen LogP contribution in [0, 0.1) is 28.6 Å². The maximum Gasteiger partial charge on any atom is 0.246 e. The summed E-state index contributed by atoms with van der Waals surface area (Å²) in [6.45, 7) is 5.87. The first-order chi connectivity index (χ1) is 16.9. The lowest BCUT2D eigenvalue weighted by atomic mass is 9.47. The largest absolute Gasteiger partial charge is 0.361 e. The van der Waals surface area contributed by atoms with Gasteiger partial charge in [-0.3, -0.25) is 9.78 Å². The molecule has 0 unspecified atom stereocenters. The molecule has 2 aromatic heterocycles. The topological polar surface area (TPSA) is 58.1 Å². The van der Waals surface area contributed by atoms with Gasteiger partial charge in [0.2, 0.25) is 5.91 Å². The number of carbonyl (C=O) groups is 1. The van der Waals surface area contributed by atoms with Crippen molar-refractivity contribution >= 4 is 22.4 Å². The van der Waals surface area contributed by atoms with Crippen LogP contribution in [-0.4, -0.2) is 40.4 Å². The molecule has 3 heterocycles. The molecule has 3 fully saturated rings. The molecular formula is C29H38N4OS. The zero-order chi connectivity index (χ0) is 24.2. The summed E-state index contributed by atoms with van der Waals surface area (Å²) in [5.41, 5.74) is 2.88. The first-order valence-corrected chi connectivity index (χ1v) is 14.3. The van der Waals surface area contributed by atoms with Crippen LogP contribution in [0.5, 0.6) is 0 Å². The molecule has 7 atom stereocenters. The lowest BCUT2D eigenvalue weighted by Gasteiger charge is -2.60. The van der Waals surface area contributed by atoms with Gasteiger partial charge in [-0.2, -0.15) is 0 Å². The summed E-state index contributed by atoms with van der Waals surface area (Å²) in [6, 6.07) is 6.45. The highest BCUT2D eigenvalue weighted by atomic mass is 32.1. The average Bonchev–Trinajstić information content (AvgIpc) is 3.46. The SMILES string of the molecule is CN1C(=O)C=C[C@]2(C)[C@H]3CC[C@]4(C)[C@@H](c5csc(NCCc6ccccn6)n5)CC[C@H]4[C@@H]3CC[C@@H]12. The number of nitrogens with zero attached hydrogens (tertiary/aromatic N) is 3. The summed E-state index contributed by atoms with van der Waals surface area (Å²) in [5.74, 6) is 2.96. The second-order valence-electron chi connectivity index (χ2n) is 11.9. The maximum absolute atomic E-state index is 12.3. The number of amides is 1. The van der Waals surface area contributed by atoms with Gasteiger partial charge in [0.15, 0.2) is 5.13 Å². The van der Waals surface area contributed by atoms with Gasteiger partial charge < -0.3 is 10.2 Å². The lowest BCUT2D eigenvalue weighted by molar-refractivity contribution is -0.138. The van der Waals surface area contributed by atoms with E-state index in [2.05, 4.69) is 41.7 Å². The van der Waals surface area contributed by atoms with Crippen LogP contribution >= 0.6 is 11.3 Å². The Balaban J connectivity index is 1.16. The maximum atomic E-state index is 12.3. The van der Waals surface area contributed by atoms with Crippen molar-refractivity contribution in [1.82, 2.24) is 14.9 Å². The normalized spacial score (nSPS) is 38.1. The van der Waals surface area contributed by atoms with Crippen LogP contribution in [-0.2, 0) is 11.2 Å². The smallest absolute Gasteiger partial charge is 0.246 e. The number of likely N-dealkylation sites (N-methyl/N-ethyl adjacent to an activating group) is 1. The third-order valence-electron chi connectivity index (χ3n) is 10.4. The van der Waals surface area contributed by atoms with Crippen LogP contribution < -0.4 is 5.32 Å². The predicted octanol–water partition coefficient (Wildman–Crippen LogP) is 5.92. The number of thiazole rings is 1. The molecule has 3 saturated carbocycles. The summed E-state index contributed by atoms with van der Waals surface area (Å²) in [6.07, 6.45) is 14.4. The second kappa shape index (κ2) is 8.72. The number of carbonyl (C=O) groups excluding carboxylic acids is 1. The van der Waals surface area contributed by atoms with Crippen LogP contribution in [0.2, 0.25) is 0 Å². The van der Waals surface area contributed by atoms with Crippen LogP contribution in [0.4, 0.5) is 5.13 Å². The molecule has 2 aromatic rings. The zero-order valence-electron chi connectivity index (χ0n) is 21.2. The Morgan fingerprint density at radius 2 is 2.03 bits per heavy atom. The van der Waals surface area contributed by atoms with Crippen molar-refractivity contribution < 1.29 is 4.79 Å². The van der Waals surface area contributed by atoms with Gasteiger partial charge in [0.05, 0.1) is 5.69 Å². The van der Waals surface area contributed by atoms with E-state index < -0.39 is 0 Å². The van der Waals surface area contributed by atoms with Crippen LogP contribution in [0.1, 0.15) is 69.7 Å². The standard InChI is InChI=1S/C29H38N4OS/c1-28-14-11-22-20(7-10-25-29(22,2)15-12-26(34)33(25)3)21(28)8-9-23(28)24-18-35-27(32-24)31-17-13-19-6-4-5-16-30-19/h4-6,12,15-16,18,20-23,25H,7-11,13-14,17H2,1-3H3,(H,31,32)/t20-,21-,22-,23+,25+,28-,29+/m0/s1. The van der Waals surface area contributed by atoms with Crippen LogP contribution in [0.15, 0.2) is 41.9 Å². The number of nitrogens with one attached hydrogen (secondary N) is 1. The molecule has 1 amide bonds. The molecule has 0 bridgehead atoms. The number of hydrogen-bond donors (Lipinski definition) is 1. The Morgan fingerprint density at radius 1 is 1.14 bits per heavy atom. The van der Waals surface area contributed by atoms with E-state index in [1.165, 1.54) is 37.8 Å². The minimum atomic E-state index is 0.121. The van der Waals surface area contributed by atoms with Crippen molar-refractivity contribution in [2.24, 2.45) is 28.6 Å². The molecule has 0 saturated heterocycles. The third kappa shape index (κ3) is 3.75.